The first kappa shape index (κ1) is 42.0. The lowest BCUT2D eigenvalue weighted by atomic mass is 9.99. The van der Waals surface area contributed by atoms with Crippen LogP contribution < -0.4 is 21.3 Å². The lowest BCUT2D eigenvalue weighted by molar-refractivity contribution is -0.131. The average Bonchev–Trinajstić information content (AvgIpc) is 3.07. The molecule has 0 saturated heterocycles. The molecule has 0 radical (unpaired) electrons. The van der Waals surface area contributed by atoms with E-state index in [4.69, 9.17) is 28.8 Å². The van der Waals surface area contributed by atoms with Crippen molar-refractivity contribution in [2.75, 3.05) is 77.9 Å². The van der Waals surface area contributed by atoms with Gasteiger partial charge in [0.2, 0.25) is 23.6 Å². The van der Waals surface area contributed by atoms with E-state index >= 15 is 0 Å². The molecule has 14 heteroatoms. The van der Waals surface area contributed by atoms with Gasteiger partial charge in [-0.05, 0) is 36.5 Å². The van der Waals surface area contributed by atoms with E-state index in [1.54, 1.807) is 38.1 Å². The molecule has 1 unspecified atom stereocenters. The Bertz CT molecular complexity index is 1060. The van der Waals surface area contributed by atoms with E-state index in [1.165, 1.54) is 32.1 Å². The van der Waals surface area contributed by atoms with Crippen molar-refractivity contribution in [1.29, 1.82) is 0 Å². The highest BCUT2D eigenvalue weighted by atomic mass is 16.6. The van der Waals surface area contributed by atoms with Gasteiger partial charge in [-0.1, -0.05) is 58.1 Å². The van der Waals surface area contributed by atoms with Crippen LogP contribution in [0.5, 0.6) is 0 Å². The third-order valence-electron chi connectivity index (χ3n) is 7.77. The van der Waals surface area contributed by atoms with Gasteiger partial charge in [0, 0.05) is 18.7 Å². The number of nitrogens with one attached hydrogen (secondary N) is 4. The molecule has 278 valence electrons. The number of carbonyl (C=O) groups excluding carboxylic acids is 4. The van der Waals surface area contributed by atoms with E-state index in [-0.39, 0.29) is 56.6 Å². The summed E-state index contributed by atoms with van der Waals surface area (Å²) in [6.45, 7) is 6.62. The molecule has 0 bridgehead atoms. The fourth-order valence-electron chi connectivity index (χ4n) is 4.98. The molecule has 4 amide bonds. The van der Waals surface area contributed by atoms with Gasteiger partial charge in [-0.2, -0.15) is 0 Å². The maximum atomic E-state index is 12.6. The standard InChI is InChI=1S/C35H58N4O10/c1-27(2)34(35(44)37-24-32(42)38-29-12-10-28(25-40)11-13-29)39-31(41)14-16-45-18-20-47-22-23-48-21-19-46-17-15-36-33(43)26-49-30-8-6-4-3-5-7-9-30/h10-13,27,30,34,40H,3-9,14-26H2,1-2H3,(H,36,43)(H,37,44)(H,38,42)(H,39,41). The van der Waals surface area contributed by atoms with Crippen molar-refractivity contribution in [2.24, 2.45) is 5.92 Å². The Morgan fingerprint density at radius 3 is 1.90 bits per heavy atom. The van der Waals surface area contributed by atoms with Crippen LogP contribution in [0.2, 0.25) is 0 Å². The maximum Gasteiger partial charge on any atom is 0.246 e. The molecule has 1 saturated carbocycles. The smallest absolute Gasteiger partial charge is 0.246 e. The highest BCUT2D eigenvalue weighted by molar-refractivity contribution is 5.96. The van der Waals surface area contributed by atoms with E-state index in [0.717, 1.165) is 18.4 Å². The number of aliphatic hydroxyl groups is 1. The molecule has 5 N–H and O–H groups in total. The zero-order chi connectivity index (χ0) is 35.5. The highest BCUT2D eigenvalue weighted by Gasteiger charge is 2.24. The number of aliphatic hydroxyl groups excluding tert-OH is 1. The second-order valence-electron chi connectivity index (χ2n) is 12.2. The lowest BCUT2D eigenvalue weighted by Crippen LogP contribution is -2.51. The van der Waals surface area contributed by atoms with Gasteiger partial charge in [0.1, 0.15) is 12.6 Å². The molecule has 0 spiro atoms. The van der Waals surface area contributed by atoms with Crippen LogP contribution in [0, 0.1) is 5.92 Å². The van der Waals surface area contributed by atoms with Gasteiger partial charge in [-0.15, -0.1) is 0 Å². The molecule has 0 aromatic heterocycles. The van der Waals surface area contributed by atoms with Crippen molar-refractivity contribution < 1.29 is 48.0 Å². The summed E-state index contributed by atoms with van der Waals surface area (Å²) in [5.74, 6) is -1.52. The summed E-state index contributed by atoms with van der Waals surface area (Å²) in [6.07, 6.45) is 8.50. The summed E-state index contributed by atoms with van der Waals surface area (Å²) < 4.78 is 27.7. The maximum absolute atomic E-state index is 12.6. The van der Waals surface area contributed by atoms with E-state index < -0.39 is 17.9 Å². The Morgan fingerprint density at radius 1 is 0.735 bits per heavy atom. The molecule has 14 nitrogen and oxygen atoms in total. The Morgan fingerprint density at radius 2 is 1.31 bits per heavy atom. The number of carbonyl (C=O) groups is 4. The minimum atomic E-state index is -0.802. The number of rotatable bonds is 25. The zero-order valence-electron chi connectivity index (χ0n) is 29.3. The number of hydrogen-bond donors (Lipinski definition) is 5. The molecule has 0 heterocycles. The van der Waals surface area contributed by atoms with E-state index in [1.807, 2.05) is 0 Å². The van der Waals surface area contributed by atoms with Crippen LogP contribution in [0.1, 0.15) is 70.8 Å². The van der Waals surface area contributed by atoms with Crippen LogP contribution in [0.4, 0.5) is 5.69 Å². The van der Waals surface area contributed by atoms with Crippen molar-refractivity contribution in [3.05, 3.63) is 29.8 Å². The Labute approximate surface area is 290 Å². The SMILES string of the molecule is CC(C)C(NC(=O)CCOCCOCCOCCOCCNC(=O)COC1CCCCCCC1)C(=O)NCC(=O)Nc1ccc(CO)cc1. The van der Waals surface area contributed by atoms with Gasteiger partial charge in [-0.3, -0.25) is 19.2 Å². The Hall–Kier alpha value is -3.14. The topological polar surface area (TPSA) is 183 Å². The third kappa shape index (κ3) is 20.9. The van der Waals surface area contributed by atoms with Gasteiger partial charge in [0.05, 0.1) is 72.1 Å². The van der Waals surface area contributed by atoms with Crippen molar-refractivity contribution in [3.63, 3.8) is 0 Å². The number of ether oxygens (including phenoxy) is 5. The fraction of sp³-hybridized carbons (Fsp3) is 0.714. The molecular formula is C35H58N4O10. The van der Waals surface area contributed by atoms with E-state index in [9.17, 15) is 19.2 Å². The van der Waals surface area contributed by atoms with E-state index in [0.29, 0.717) is 58.5 Å². The number of benzene rings is 1. The summed E-state index contributed by atoms with van der Waals surface area (Å²) in [5, 5.41) is 19.9. The predicted molar refractivity (Wildman–Crippen MR) is 184 cm³/mol. The molecule has 1 aromatic carbocycles. The largest absolute Gasteiger partial charge is 0.392 e. The van der Waals surface area contributed by atoms with Gasteiger partial charge < -0.3 is 50.1 Å². The molecule has 2 rings (SSSR count). The van der Waals surface area contributed by atoms with E-state index in [2.05, 4.69) is 21.3 Å². The first-order valence-electron chi connectivity index (χ1n) is 17.5. The van der Waals surface area contributed by atoms with Gasteiger partial charge in [0.15, 0.2) is 0 Å². The number of amides is 4. The summed E-state index contributed by atoms with van der Waals surface area (Å²) >= 11 is 0. The van der Waals surface area contributed by atoms with Crippen LogP contribution in [-0.4, -0.2) is 113 Å². The van der Waals surface area contributed by atoms with Crippen LogP contribution in [0.15, 0.2) is 24.3 Å². The monoisotopic (exact) mass is 694 g/mol. The summed E-state index contributed by atoms with van der Waals surface area (Å²) in [7, 11) is 0. The molecule has 1 fully saturated rings. The minimum absolute atomic E-state index is 0.0713. The summed E-state index contributed by atoms with van der Waals surface area (Å²) in [4.78, 5) is 49.2. The van der Waals surface area contributed by atoms with Crippen LogP contribution >= 0.6 is 0 Å². The second-order valence-corrected chi connectivity index (χ2v) is 12.2. The quantitative estimate of drug-likeness (QED) is 0.0951. The van der Waals surface area contributed by atoms with Crippen LogP contribution in [0.3, 0.4) is 0 Å². The molecule has 1 aliphatic carbocycles. The molecule has 1 atom stereocenters. The zero-order valence-corrected chi connectivity index (χ0v) is 29.3. The normalized spacial score (nSPS) is 14.4. The summed E-state index contributed by atoms with van der Waals surface area (Å²) in [5.41, 5.74) is 1.26. The van der Waals surface area contributed by atoms with Crippen molar-refractivity contribution >= 4 is 29.3 Å². The highest BCUT2D eigenvalue weighted by Crippen LogP contribution is 2.19. The van der Waals surface area contributed by atoms with Crippen molar-refractivity contribution in [3.8, 4) is 0 Å². The second kappa shape index (κ2) is 26.7. The van der Waals surface area contributed by atoms with Crippen molar-refractivity contribution in [1.82, 2.24) is 16.0 Å². The summed E-state index contributed by atoms with van der Waals surface area (Å²) in [6, 6.07) is 5.90. The van der Waals surface area contributed by atoms with Crippen LogP contribution in [-0.2, 0) is 49.5 Å². The van der Waals surface area contributed by atoms with Gasteiger partial charge >= 0.3 is 0 Å². The van der Waals surface area contributed by atoms with Gasteiger partial charge in [-0.25, -0.2) is 0 Å². The van der Waals surface area contributed by atoms with Crippen molar-refractivity contribution in [2.45, 2.75) is 84.0 Å². The van der Waals surface area contributed by atoms with Crippen LogP contribution in [0.25, 0.3) is 0 Å². The lowest BCUT2D eigenvalue weighted by Gasteiger charge is -2.21. The average molecular weight is 695 g/mol. The fourth-order valence-corrected chi connectivity index (χ4v) is 4.98. The molecule has 1 aliphatic rings. The molecule has 49 heavy (non-hydrogen) atoms. The Kier molecular flexibility index (Phi) is 22.9. The predicted octanol–water partition coefficient (Wildman–Crippen LogP) is 2.08. The molecule has 1 aromatic rings. The molecule has 0 aliphatic heterocycles. The first-order valence-corrected chi connectivity index (χ1v) is 17.5. The third-order valence-corrected chi connectivity index (χ3v) is 7.77. The van der Waals surface area contributed by atoms with Gasteiger partial charge in [0.25, 0.3) is 0 Å². The number of hydrogen-bond acceptors (Lipinski definition) is 10. The first-order chi connectivity index (χ1) is 23.8. The minimum Gasteiger partial charge on any atom is -0.392 e. The molecular weight excluding hydrogens is 636 g/mol. The number of anilines is 1. The Balaban J connectivity index is 1.39.